The zero-order chi connectivity index (χ0) is 18.7. The van der Waals surface area contributed by atoms with Crippen LogP contribution < -0.4 is 16.7 Å². The predicted molar refractivity (Wildman–Crippen MR) is 103 cm³/mol. The molecule has 26 heavy (non-hydrogen) atoms. The van der Waals surface area contributed by atoms with Crippen LogP contribution in [0.2, 0.25) is 0 Å². The maximum absolute atomic E-state index is 12.5. The van der Waals surface area contributed by atoms with Crippen molar-refractivity contribution < 1.29 is 9.21 Å². The first-order valence-corrected chi connectivity index (χ1v) is 8.59. The van der Waals surface area contributed by atoms with Gasteiger partial charge in [0.05, 0.1) is 6.04 Å². The standard InChI is InChI=1S/C21H22N2O3/c1-13-11-20(24)26-19-10-14(2)18(12-16(13)19)23-21(25)17(22)9-8-15-6-4-3-5-7-15/h3-7,10-12,17H,8-9,22H2,1-2H3,(H,23,25)/t17-/m0/s1. The fraction of sp³-hybridized carbons (Fsp3) is 0.238. The average Bonchev–Trinajstić information content (AvgIpc) is 2.61. The highest BCUT2D eigenvalue weighted by Gasteiger charge is 2.15. The van der Waals surface area contributed by atoms with Crippen molar-refractivity contribution in [3.05, 3.63) is 75.6 Å². The van der Waals surface area contributed by atoms with Crippen molar-refractivity contribution >= 4 is 22.6 Å². The topological polar surface area (TPSA) is 85.3 Å². The third-order valence-corrected chi connectivity index (χ3v) is 4.48. The number of nitrogens with one attached hydrogen (secondary N) is 1. The Labute approximate surface area is 151 Å². The van der Waals surface area contributed by atoms with E-state index in [2.05, 4.69) is 5.32 Å². The second-order valence-electron chi connectivity index (χ2n) is 6.53. The van der Waals surface area contributed by atoms with Gasteiger partial charge in [-0.2, -0.15) is 0 Å². The summed E-state index contributed by atoms with van der Waals surface area (Å²) in [5, 5.41) is 3.69. The lowest BCUT2D eigenvalue weighted by Crippen LogP contribution is -2.36. The van der Waals surface area contributed by atoms with Crippen LogP contribution in [0.3, 0.4) is 0 Å². The molecule has 1 amide bonds. The maximum atomic E-state index is 12.5. The van der Waals surface area contributed by atoms with Crippen molar-refractivity contribution in [2.24, 2.45) is 5.73 Å². The lowest BCUT2D eigenvalue weighted by Gasteiger charge is -2.15. The van der Waals surface area contributed by atoms with Crippen LogP contribution in [0.15, 0.2) is 57.7 Å². The van der Waals surface area contributed by atoms with Gasteiger partial charge in [0.15, 0.2) is 0 Å². The second-order valence-corrected chi connectivity index (χ2v) is 6.53. The Morgan fingerprint density at radius 2 is 1.85 bits per heavy atom. The summed E-state index contributed by atoms with van der Waals surface area (Å²) < 4.78 is 5.23. The van der Waals surface area contributed by atoms with Crippen LogP contribution in [0.4, 0.5) is 5.69 Å². The Morgan fingerprint density at radius 3 is 2.58 bits per heavy atom. The Kier molecular flexibility index (Phi) is 5.19. The van der Waals surface area contributed by atoms with Gasteiger partial charge in [-0.15, -0.1) is 0 Å². The number of nitrogens with two attached hydrogens (primary N) is 1. The zero-order valence-corrected chi connectivity index (χ0v) is 14.9. The van der Waals surface area contributed by atoms with E-state index >= 15 is 0 Å². The SMILES string of the molecule is Cc1cc2oc(=O)cc(C)c2cc1NC(=O)[C@@H](N)CCc1ccccc1. The van der Waals surface area contributed by atoms with Gasteiger partial charge in [-0.3, -0.25) is 4.79 Å². The fourth-order valence-electron chi connectivity index (χ4n) is 2.92. The van der Waals surface area contributed by atoms with E-state index in [-0.39, 0.29) is 11.5 Å². The number of benzene rings is 2. The van der Waals surface area contributed by atoms with Crippen LogP contribution in [-0.4, -0.2) is 11.9 Å². The summed E-state index contributed by atoms with van der Waals surface area (Å²) in [5.74, 6) is -0.224. The van der Waals surface area contributed by atoms with E-state index < -0.39 is 6.04 Å². The van der Waals surface area contributed by atoms with E-state index in [0.29, 0.717) is 17.7 Å². The largest absolute Gasteiger partial charge is 0.423 e. The van der Waals surface area contributed by atoms with E-state index in [1.807, 2.05) is 50.2 Å². The molecule has 0 saturated carbocycles. The first kappa shape index (κ1) is 17.9. The fourth-order valence-corrected chi connectivity index (χ4v) is 2.92. The molecule has 0 unspecified atom stereocenters. The summed E-state index contributed by atoms with van der Waals surface area (Å²) in [7, 11) is 0. The van der Waals surface area contributed by atoms with Crippen molar-refractivity contribution in [3.8, 4) is 0 Å². The van der Waals surface area contributed by atoms with E-state index in [1.54, 1.807) is 6.07 Å². The lowest BCUT2D eigenvalue weighted by atomic mass is 10.0. The molecule has 1 aromatic heterocycles. The molecule has 0 aliphatic heterocycles. The number of amides is 1. The molecule has 0 saturated heterocycles. The molecule has 0 radical (unpaired) electrons. The number of anilines is 1. The number of aryl methyl sites for hydroxylation is 3. The molecule has 0 aliphatic carbocycles. The predicted octanol–water partition coefficient (Wildman–Crippen LogP) is 3.31. The molecule has 2 aromatic carbocycles. The van der Waals surface area contributed by atoms with Crippen molar-refractivity contribution in [2.75, 3.05) is 5.32 Å². The summed E-state index contributed by atoms with van der Waals surface area (Å²) in [6.07, 6.45) is 1.31. The normalized spacial score (nSPS) is 12.1. The third kappa shape index (κ3) is 4.00. The molecule has 134 valence electrons. The Bertz CT molecular complexity index is 993. The van der Waals surface area contributed by atoms with Gasteiger partial charge in [0.1, 0.15) is 5.58 Å². The first-order valence-electron chi connectivity index (χ1n) is 8.59. The minimum atomic E-state index is -0.597. The number of carbonyl (C=O) groups excluding carboxylic acids is 1. The highest BCUT2D eigenvalue weighted by atomic mass is 16.4. The summed E-state index contributed by atoms with van der Waals surface area (Å²) in [6, 6.07) is 14.4. The third-order valence-electron chi connectivity index (χ3n) is 4.48. The van der Waals surface area contributed by atoms with Crippen LogP contribution in [0.1, 0.15) is 23.1 Å². The second kappa shape index (κ2) is 7.54. The van der Waals surface area contributed by atoms with E-state index in [1.165, 1.54) is 6.07 Å². The molecule has 3 aromatic rings. The molecular weight excluding hydrogens is 328 g/mol. The van der Waals surface area contributed by atoms with Crippen molar-refractivity contribution in [2.45, 2.75) is 32.7 Å². The van der Waals surface area contributed by atoms with Crippen molar-refractivity contribution in [3.63, 3.8) is 0 Å². The molecule has 5 heteroatoms. The maximum Gasteiger partial charge on any atom is 0.336 e. The van der Waals surface area contributed by atoms with E-state index in [4.69, 9.17) is 10.2 Å². The van der Waals surface area contributed by atoms with Crippen LogP contribution in [0, 0.1) is 13.8 Å². The molecule has 0 fully saturated rings. The molecule has 3 N–H and O–H groups in total. The Balaban J connectivity index is 1.74. The van der Waals surface area contributed by atoms with Gasteiger partial charge in [-0.1, -0.05) is 30.3 Å². The number of rotatable bonds is 5. The molecule has 0 bridgehead atoms. The molecule has 3 rings (SSSR count). The van der Waals surface area contributed by atoms with Crippen LogP contribution in [0.25, 0.3) is 11.0 Å². The average molecular weight is 350 g/mol. The van der Waals surface area contributed by atoms with Crippen LogP contribution in [-0.2, 0) is 11.2 Å². The lowest BCUT2D eigenvalue weighted by molar-refractivity contribution is -0.117. The van der Waals surface area contributed by atoms with Crippen LogP contribution >= 0.6 is 0 Å². The highest BCUT2D eigenvalue weighted by molar-refractivity contribution is 5.97. The van der Waals surface area contributed by atoms with Crippen molar-refractivity contribution in [1.29, 1.82) is 0 Å². The monoisotopic (exact) mass is 350 g/mol. The summed E-state index contributed by atoms with van der Waals surface area (Å²) in [5.41, 5.74) is 9.64. The molecule has 0 aliphatic rings. The Hall–Kier alpha value is -2.92. The molecule has 0 spiro atoms. The zero-order valence-electron chi connectivity index (χ0n) is 14.9. The first-order chi connectivity index (χ1) is 12.4. The number of hydrogen-bond acceptors (Lipinski definition) is 4. The molecular formula is C21H22N2O3. The smallest absolute Gasteiger partial charge is 0.336 e. The minimum Gasteiger partial charge on any atom is -0.423 e. The number of fused-ring (bicyclic) bond motifs is 1. The van der Waals surface area contributed by atoms with E-state index in [0.717, 1.165) is 28.5 Å². The highest BCUT2D eigenvalue weighted by Crippen LogP contribution is 2.25. The van der Waals surface area contributed by atoms with Gasteiger partial charge >= 0.3 is 5.63 Å². The summed E-state index contributed by atoms with van der Waals surface area (Å²) >= 11 is 0. The molecule has 1 heterocycles. The minimum absolute atomic E-state index is 0.224. The quantitative estimate of drug-likeness (QED) is 0.691. The van der Waals surface area contributed by atoms with Gasteiger partial charge in [0.2, 0.25) is 5.91 Å². The summed E-state index contributed by atoms with van der Waals surface area (Å²) in [4.78, 5) is 24.0. The Morgan fingerprint density at radius 1 is 1.12 bits per heavy atom. The number of hydrogen-bond donors (Lipinski definition) is 2. The number of carbonyl (C=O) groups is 1. The van der Waals surface area contributed by atoms with Gasteiger partial charge in [-0.05, 0) is 55.5 Å². The summed E-state index contributed by atoms with van der Waals surface area (Å²) in [6.45, 7) is 3.69. The van der Waals surface area contributed by atoms with Gasteiger partial charge in [0.25, 0.3) is 0 Å². The van der Waals surface area contributed by atoms with Crippen LogP contribution in [0.5, 0.6) is 0 Å². The van der Waals surface area contributed by atoms with Gasteiger partial charge < -0.3 is 15.5 Å². The van der Waals surface area contributed by atoms with Gasteiger partial charge in [-0.25, -0.2) is 4.79 Å². The van der Waals surface area contributed by atoms with E-state index in [9.17, 15) is 9.59 Å². The van der Waals surface area contributed by atoms with Crippen molar-refractivity contribution in [1.82, 2.24) is 0 Å². The van der Waals surface area contributed by atoms with Gasteiger partial charge in [0, 0.05) is 17.1 Å². The molecule has 1 atom stereocenters. The molecule has 5 nitrogen and oxygen atoms in total.